The summed E-state index contributed by atoms with van der Waals surface area (Å²) in [5.74, 6) is 0.464. The van der Waals surface area contributed by atoms with Crippen molar-refractivity contribution in [1.82, 2.24) is 0 Å². The molecule has 0 aliphatic rings. The lowest BCUT2D eigenvalue weighted by Gasteiger charge is -2.08. The minimum Gasteiger partial charge on any atom is -0.496 e. The van der Waals surface area contributed by atoms with Crippen LogP contribution < -0.4 is 14.8 Å². The number of nitro benzene ring substituents is 1. The molecule has 0 unspecified atom stereocenters. The molecular formula is C17H16N2O5. The summed E-state index contributed by atoms with van der Waals surface area (Å²) in [6, 6.07) is 11.2. The third kappa shape index (κ3) is 4.10. The van der Waals surface area contributed by atoms with E-state index < -0.39 is 10.8 Å². The highest BCUT2D eigenvalue weighted by atomic mass is 16.6. The first-order valence-electron chi connectivity index (χ1n) is 6.99. The number of carbonyl (C=O) groups excluding carboxylic acids is 1. The molecule has 1 N–H and O–H groups in total. The molecule has 0 aromatic heterocycles. The van der Waals surface area contributed by atoms with Crippen molar-refractivity contribution in [2.24, 2.45) is 0 Å². The van der Waals surface area contributed by atoms with E-state index in [2.05, 4.69) is 5.32 Å². The topological polar surface area (TPSA) is 90.7 Å². The van der Waals surface area contributed by atoms with Gasteiger partial charge < -0.3 is 14.8 Å². The number of hydrogen-bond donors (Lipinski definition) is 1. The molecule has 24 heavy (non-hydrogen) atoms. The molecule has 7 nitrogen and oxygen atoms in total. The lowest BCUT2D eigenvalue weighted by molar-refractivity contribution is -0.384. The average molecular weight is 328 g/mol. The van der Waals surface area contributed by atoms with E-state index in [1.165, 1.54) is 31.4 Å². The first-order valence-corrected chi connectivity index (χ1v) is 6.99. The summed E-state index contributed by atoms with van der Waals surface area (Å²) < 4.78 is 10.3. The monoisotopic (exact) mass is 328 g/mol. The van der Waals surface area contributed by atoms with Gasteiger partial charge in [-0.2, -0.15) is 0 Å². The SMILES string of the molecule is COc1ccccc1/C=C/C(=O)Nc1ccc([N+](=O)[O-])cc1OC. The van der Waals surface area contributed by atoms with Crippen LogP contribution in [0.1, 0.15) is 5.56 Å². The Kier molecular flexibility index (Phi) is 5.51. The molecule has 0 saturated carbocycles. The number of ether oxygens (including phenoxy) is 2. The van der Waals surface area contributed by atoms with Crippen LogP contribution in [0.3, 0.4) is 0 Å². The van der Waals surface area contributed by atoms with Crippen LogP contribution in [-0.2, 0) is 4.79 Å². The zero-order chi connectivity index (χ0) is 17.5. The van der Waals surface area contributed by atoms with Crippen molar-refractivity contribution in [2.45, 2.75) is 0 Å². The van der Waals surface area contributed by atoms with Gasteiger partial charge in [0.1, 0.15) is 11.5 Å². The quantitative estimate of drug-likeness (QED) is 0.499. The molecule has 124 valence electrons. The van der Waals surface area contributed by atoms with Crippen LogP contribution in [0, 0.1) is 10.1 Å². The number of carbonyl (C=O) groups is 1. The molecule has 2 aromatic carbocycles. The maximum atomic E-state index is 12.0. The van der Waals surface area contributed by atoms with Gasteiger partial charge in [-0.05, 0) is 18.2 Å². The predicted molar refractivity (Wildman–Crippen MR) is 90.3 cm³/mol. The Morgan fingerprint density at radius 1 is 1.12 bits per heavy atom. The van der Waals surface area contributed by atoms with Gasteiger partial charge in [-0.25, -0.2) is 0 Å². The van der Waals surface area contributed by atoms with E-state index in [4.69, 9.17) is 9.47 Å². The maximum Gasteiger partial charge on any atom is 0.273 e. The summed E-state index contributed by atoms with van der Waals surface area (Å²) in [6.07, 6.45) is 2.96. The minimum absolute atomic E-state index is 0.116. The number of para-hydroxylation sites is 1. The molecule has 0 fully saturated rings. The number of nitrogens with zero attached hydrogens (tertiary/aromatic N) is 1. The Labute approximate surface area is 138 Å². The molecule has 0 saturated heterocycles. The molecule has 0 heterocycles. The molecular weight excluding hydrogens is 312 g/mol. The highest BCUT2D eigenvalue weighted by molar-refractivity contribution is 6.03. The Morgan fingerprint density at radius 2 is 1.83 bits per heavy atom. The second-order valence-electron chi connectivity index (χ2n) is 4.71. The van der Waals surface area contributed by atoms with Gasteiger partial charge in [-0.3, -0.25) is 14.9 Å². The van der Waals surface area contributed by atoms with Crippen LogP contribution in [0.25, 0.3) is 6.08 Å². The van der Waals surface area contributed by atoms with E-state index in [9.17, 15) is 14.9 Å². The van der Waals surface area contributed by atoms with E-state index in [-0.39, 0.29) is 11.4 Å². The third-order valence-electron chi connectivity index (χ3n) is 3.21. The van der Waals surface area contributed by atoms with Crippen molar-refractivity contribution in [3.8, 4) is 11.5 Å². The lowest BCUT2D eigenvalue weighted by Crippen LogP contribution is -2.09. The maximum absolute atomic E-state index is 12.0. The minimum atomic E-state index is -0.532. The van der Waals surface area contributed by atoms with Crippen molar-refractivity contribution < 1.29 is 19.2 Å². The number of nitro groups is 1. The van der Waals surface area contributed by atoms with E-state index >= 15 is 0 Å². The van der Waals surface area contributed by atoms with Gasteiger partial charge in [0, 0.05) is 17.7 Å². The normalized spacial score (nSPS) is 10.4. The fraction of sp³-hybridized carbons (Fsp3) is 0.118. The van der Waals surface area contributed by atoms with Crippen molar-refractivity contribution in [2.75, 3.05) is 19.5 Å². The number of non-ortho nitro benzene ring substituents is 1. The summed E-state index contributed by atoms with van der Waals surface area (Å²) in [7, 11) is 2.92. The van der Waals surface area contributed by atoms with Crippen LogP contribution in [0.15, 0.2) is 48.5 Å². The van der Waals surface area contributed by atoms with Gasteiger partial charge in [-0.15, -0.1) is 0 Å². The van der Waals surface area contributed by atoms with Gasteiger partial charge in [-0.1, -0.05) is 18.2 Å². The number of anilines is 1. The molecule has 0 atom stereocenters. The van der Waals surface area contributed by atoms with Crippen LogP contribution in [0.4, 0.5) is 11.4 Å². The molecule has 0 spiro atoms. The van der Waals surface area contributed by atoms with Gasteiger partial charge in [0.2, 0.25) is 5.91 Å². The Balaban J connectivity index is 2.15. The molecule has 2 aromatic rings. The lowest BCUT2D eigenvalue weighted by atomic mass is 10.2. The smallest absolute Gasteiger partial charge is 0.273 e. The molecule has 0 aliphatic heterocycles. The highest BCUT2D eigenvalue weighted by Gasteiger charge is 2.12. The first-order chi connectivity index (χ1) is 11.5. The summed E-state index contributed by atoms with van der Waals surface area (Å²) in [6.45, 7) is 0. The number of nitrogens with one attached hydrogen (secondary N) is 1. The van der Waals surface area contributed by atoms with E-state index in [1.54, 1.807) is 19.3 Å². The standard InChI is InChI=1S/C17H16N2O5/c1-23-15-6-4-3-5-12(15)7-10-17(20)18-14-9-8-13(19(21)22)11-16(14)24-2/h3-11H,1-2H3,(H,18,20)/b10-7+. The van der Waals surface area contributed by atoms with Gasteiger partial charge in [0.05, 0.1) is 30.9 Å². The van der Waals surface area contributed by atoms with Crippen LogP contribution in [0.2, 0.25) is 0 Å². The summed E-state index contributed by atoms with van der Waals surface area (Å²) in [4.78, 5) is 22.3. The number of benzene rings is 2. The number of methoxy groups -OCH3 is 2. The summed E-state index contributed by atoms with van der Waals surface area (Å²) >= 11 is 0. The third-order valence-corrected chi connectivity index (χ3v) is 3.21. The highest BCUT2D eigenvalue weighted by Crippen LogP contribution is 2.29. The van der Waals surface area contributed by atoms with Gasteiger partial charge >= 0.3 is 0 Å². The van der Waals surface area contributed by atoms with E-state index in [0.717, 1.165) is 5.56 Å². The zero-order valence-electron chi connectivity index (χ0n) is 13.2. The Morgan fingerprint density at radius 3 is 2.50 bits per heavy atom. The molecule has 1 amide bonds. The summed E-state index contributed by atoms with van der Waals surface area (Å²) in [5.41, 5.74) is 0.984. The van der Waals surface area contributed by atoms with E-state index in [0.29, 0.717) is 11.4 Å². The predicted octanol–water partition coefficient (Wildman–Crippen LogP) is 3.26. The van der Waals surface area contributed by atoms with Crippen molar-refractivity contribution in [3.63, 3.8) is 0 Å². The number of amides is 1. The van der Waals surface area contributed by atoms with E-state index in [1.807, 2.05) is 18.2 Å². The molecule has 7 heteroatoms. The molecule has 0 aliphatic carbocycles. The number of rotatable bonds is 6. The average Bonchev–Trinajstić information content (AvgIpc) is 2.60. The second-order valence-corrected chi connectivity index (χ2v) is 4.71. The fourth-order valence-corrected chi connectivity index (χ4v) is 2.04. The number of hydrogen-bond acceptors (Lipinski definition) is 5. The van der Waals surface area contributed by atoms with Crippen molar-refractivity contribution in [1.29, 1.82) is 0 Å². The Hall–Kier alpha value is -3.35. The largest absolute Gasteiger partial charge is 0.496 e. The first kappa shape index (κ1) is 17.0. The fourth-order valence-electron chi connectivity index (χ4n) is 2.04. The van der Waals surface area contributed by atoms with Gasteiger partial charge in [0.25, 0.3) is 5.69 Å². The van der Waals surface area contributed by atoms with Gasteiger partial charge in [0.15, 0.2) is 0 Å². The second kappa shape index (κ2) is 7.77. The summed E-state index contributed by atoms with van der Waals surface area (Å²) in [5, 5.41) is 13.4. The zero-order valence-corrected chi connectivity index (χ0v) is 13.2. The Bertz CT molecular complexity index is 786. The molecule has 2 rings (SSSR count). The van der Waals surface area contributed by atoms with Crippen molar-refractivity contribution >= 4 is 23.4 Å². The van der Waals surface area contributed by atoms with Crippen LogP contribution >= 0.6 is 0 Å². The van der Waals surface area contributed by atoms with Crippen LogP contribution in [0.5, 0.6) is 11.5 Å². The van der Waals surface area contributed by atoms with Crippen LogP contribution in [-0.4, -0.2) is 25.1 Å². The molecule has 0 radical (unpaired) electrons. The van der Waals surface area contributed by atoms with Crippen molar-refractivity contribution in [3.05, 3.63) is 64.2 Å². The molecule has 0 bridgehead atoms.